The number of benzene rings is 2. The largest absolute Gasteiger partial charge is 0.490 e. The zero-order chi connectivity index (χ0) is 17.6. The normalized spacial score (nSPS) is 10.7. The van der Waals surface area contributed by atoms with Crippen LogP contribution in [0, 0.1) is 0 Å². The second-order valence-corrected chi connectivity index (χ2v) is 5.72. The fraction of sp³-hybridized carbons (Fsp3) is 0.286. The van der Waals surface area contributed by atoms with Gasteiger partial charge in [0.05, 0.1) is 18.7 Å². The molecule has 3 rings (SSSR count). The van der Waals surface area contributed by atoms with E-state index in [0.717, 1.165) is 40.2 Å². The summed E-state index contributed by atoms with van der Waals surface area (Å²) in [6.07, 6.45) is 2.83. The van der Waals surface area contributed by atoms with Gasteiger partial charge in [-0.3, -0.25) is 4.98 Å². The van der Waals surface area contributed by atoms with Crippen LogP contribution in [0.1, 0.15) is 26.3 Å². The third kappa shape index (κ3) is 3.85. The Morgan fingerprint density at radius 1 is 0.880 bits per heavy atom. The average molecular weight is 336 g/mol. The molecule has 1 aromatic heterocycles. The van der Waals surface area contributed by atoms with Crippen LogP contribution in [0.2, 0.25) is 0 Å². The standard InChI is InChI=1S/C21H24N2O2/c1-4-15-7-9-18-17(13-15)19(11-12-22-18)23-16-8-10-20(24-5-2)21(14-16)25-6-3/h7-14H,4-6H2,1-3H3,(H,22,23). The van der Waals surface area contributed by atoms with Crippen molar-refractivity contribution in [1.29, 1.82) is 0 Å². The highest BCUT2D eigenvalue weighted by Crippen LogP contribution is 2.33. The SMILES string of the molecule is CCOc1ccc(Nc2ccnc3ccc(CC)cc23)cc1OCC. The third-order valence-electron chi connectivity index (χ3n) is 4.04. The summed E-state index contributed by atoms with van der Waals surface area (Å²) in [5.41, 5.74) is 4.27. The van der Waals surface area contributed by atoms with Gasteiger partial charge in [-0.1, -0.05) is 13.0 Å². The molecule has 0 amide bonds. The van der Waals surface area contributed by atoms with E-state index in [0.29, 0.717) is 13.2 Å². The monoisotopic (exact) mass is 336 g/mol. The van der Waals surface area contributed by atoms with Crippen molar-refractivity contribution in [2.24, 2.45) is 0 Å². The molecule has 130 valence electrons. The molecule has 0 radical (unpaired) electrons. The molecule has 0 saturated heterocycles. The van der Waals surface area contributed by atoms with E-state index in [4.69, 9.17) is 9.47 Å². The van der Waals surface area contributed by atoms with Crippen LogP contribution in [-0.2, 0) is 6.42 Å². The van der Waals surface area contributed by atoms with Gasteiger partial charge in [0.1, 0.15) is 0 Å². The first-order valence-electron chi connectivity index (χ1n) is 8.79. The zero-order valence-electron chi connectivity index (χ0n) is 15.0. The lowest BCUT2D eigenvalue weighted by molar-refractivity contribution is 0.288. The van der Waals surface area contributed by atoms with Crippen LogP contribution in [0.15, 0.2) is 48.7 Å². The number of rotatable bonds is 7. The quantitative estimate of drug-likeness (QED) is 0.632. The predicted octanol–water partition coefficient (Wildman–Crippen LogP) is 5.34. The molecule has 0 saturated carbocycles. The highest BCUT2D eigenvalue weighted by Gasteiger charge is 2.08. The molecule has 0 fully saturated rings. The van der Waals surface area contributed by atoms with E-state index < -0.39 is 0 Å². The summed E-state index contributed by atoms with van der Waals surface area (Å²) in [4.78, 5) is 4.46. The summed E-state index contributed by atoms with van der Waals surface area (Å²) in [6.45, 7) is 7.31. The second-order valence-electron chi connectivity index (χ2n) is 5.72. The predicted molar refractivity (Wildman–Crippen MR) is 103 cm³/mol. The van der Waals surface area contributed by atoms with E-state index in [9.17, 15) is 0 Å². The maximum atomic E-state index is 5.71. The molecule has 0 aliphatic rings. The molecule has 4 heteroatoms. The van der Waals surface area contributed by atoms with Crippen molar-refractivity contribution in [3.63, 3.8) is 0 Å². The molecule has 0 aliphatic heterocycles. The van der Waals surface area contributed by atoms with Crippen molar-refractivity contribution in [1.82, 2.24) is 4.98 Å². The molecule has 4 nitrogen and oxygen atoms in total. The number of nitrogens with zero attached hydrogens (tertiary/aromatic N) is 1. The Bertz CT molecular complexity index is 862. The third-order valence-corrected chi connectivity index (χ3v) is 4.04. The van der Waals surface area contributed by atoms with Gasteiger partial charge in [0.2, 0.25) is 0 Å². The molecule has 3 aromatic rings. The van der Waals surface area contributed by atoms with Crippen molar-refractivity contribution >= 4 is 22.3 Å². The average Bonchev–Trinajstić information content (AvgIpc) is 2.64. The highest BCUT2D eigenvalue weighted by molar-refractivity contribution is 5.93. The Morgan fingerprint density at radius 3 is 2.44 bits per heavy atom. The fourth-order valence-electron chi connectivity index (χ4n) is 2.81. The fourth-order valence-corrected chi connectivity index (χ4v) is 2.81. The van der Waals surface area contributed by atoms with Crippen molar-refractivity contribution in [3.05, 3.63) is 54.2 Å². The molecule has 0 aliphatic carbocycles. The van der Waals surface area contributed by atoms with Gasteiger partial charge in [-0.15, -0.1) is 0 Å². The topological polar surface area (TPSA) is 43.4 Å². The molecule has 0 spiro atoms. The first-order valence-corrected chi connectivity index (χ1v) is 8.79. The zero-order valence-corrected chi connectivity index (χ0v) is 15.0. The van der Waals surface area contributed by atoms with E-state index in [-0.39, 0.29) is 0 Å². The van der Waals surface area contributed by atoms with Crippen LogP contribution >= 0.6 is 0 Å². The molecule has 0 atom stereocenters. The summed E-state index contributed by atoms with van der Waals surface area (Å²) < 4.78 is 11.3. The van der Waals surface area contributed by atoms with Gasteiger partial charge in [-0.2, -0.15) is 0 Å². The minimum absolute atomic E-state index is 0.599. The summed E-state index contributed by atoms with van der Waals surface area (Å²) in [7, 11) is 0. The number of ether oxygens (including phenoxy) is 2. The number of hydrogen-bond donors (Lipinski definition) is 1. The summed E-state index contributed by atoms with van der Waals surface area (Å²) in [5.74, 6) is 1.52. The molecule has 1 N–H and O–H groups in total. The maximum Gasteiger partial charge on any atom is 0.163 e. The van der Waals surface area contributed by atoms with Crippen LogP contribution in [0.4, 0.5) is 11.4 Å². The second kappa shape index (κ2) is 7.88. The Balaban J connectivity index is 1.96. The van der Waals surface area contributed by atoms with E-state index >= 15 is 0 Å². The van der Waals surface area contributed by atoms with Crippen LogP contribution in [0.3, 0.4) is 0 Å². The Kier molecular flexibility index (Phi) is 5.39. The van der Waals surface area contributed by atoms with E-state index in [2.05, 4.69) is 35.4 Å². The number of nitrogens with one attached hydrogen (secondary N) is 1. The van der Waals surface area contributed by atoms with Gasteiger partial charge in [0.15, 0.2) is 11.5 Å². The van der Waals surface area contributed by atoms with E-state index in [1.54, 1.807) is 0 Å². The summed E-state index contributed by atoms with van der Waals surface area (Å²) in [6, 6.07) is 14.3. The first-order chi connectivity index (χ1) is 12.2. The first kappa shape index (κ1) is 17.1. The summed E-state index contributed by atoms with van der Waals surface area (Å²) in [5, 5.41) is 4.61. The molecule has 2 aromatic carbocycles. The van der Waals surface area contributed by atoms with Gasteiger partial charge in [0, 0.05) is 29.0 Å². The minimum atomic E-state index is 0.599. The van der Waals surface area contributed by atoms with Crippen molar-refractivity contribution < 1.29 is 9.47 Å². The molecule has 25 heavy (non-hydrogen) atoms. The minimum Gasteiger partial charge on any atom is -0.490 e. The lowest BCUT2D eigenvalue weighted by atomic mass is 10.1. The molecule has 0 unspecified atom stereocenters. The van der Waals surface area contributed by atoms with Gasteiger partial charge >= 0.3 is 0 Å². The van der Waals surface area contributed by atoms with E-state index in [1.807, 2.05) is 44.3 Å². The number of aryl methyl sites for hydroxylation is 1. The Hall–Kier alpha value is -2.75. The van der Waals surface area contributed by atoms with E-state index in [1.165, 1.54) is 5.56 Å². The lowest BCUT2D eigenvalue weighted by Crippen LogP contribution is -2.00. The van der Waals surface area contributed by atoms with Gasteiger partial charge in [-0.25, -0.2) is 0 Å². The van der Waals surface area contributed by atoms with Crippen LogP contribution in [0.5, 0.6) is 11.5 Å². The lowest BCUT2D eigenvalue weighted by Gasteiger charge is -2.14. The highest BCUT2D eigenvalue weighted by atomic mass is 16.5. The van der Waals surface area contributed by atoms with Crippen LogP contribution in [-0.4, -0.2) is 18.2 Å². The number of anilines is 2. The molecule has 0 bridgehead atoms. The number of pyridine rings is 1. The van der Waals surface area contributed by atoms with Gasteiger partial charge < -0.3 is 14.8 Å². The Morgan fingerprint density at radius 2 is 1.68 bits per heavy atom. The summed E-state index contributed by atoms with van der Waals surface area (Å²) >= 11 is 0. The van der Waals surface area contributed by atoms with Crippen LogP contribution < -0.4 is 14.8 Å². The van der Waals surface area contributed by atoms with Crippen molar-refractivity contribution in [3.8, 4) is 11.5 Å². The van der Waals surface area contributed by atoms with Crippen molar-refractivity contribution in [2.45, 2.75) is 27.2 Å². The molecule has 1 heterocycles. The number of fused-ring (bicyclic) bond motifs is 1. The van der Waals surface area contributed by atoms with Gasteiger partial charge in [-0.05, 0) is 56.2 Å². The molecular formula is C21H24N2O2. The smallest absolute Gasteiger partial charge is 0.163 e. The number of aromatic nitrogens is 1. The Labute approximate surface area is 148 Å². The maximum absolute atomic E-state index is 5.71. The van der Waals surface area contributed by atoms with Gasteiger partial charge in [0.25, 0.3) is 0 Å². The number of hydrogen-bond acceptors (Lipinski definition) is 4. The molecular weight excluding hydrogens is 312 g/mol. The van der Waals surface area contributed by atoms with Crippen LogP contribution in [0.25, 0.3) is 10.9 Å². The van der Waals surface area contributed by atoms with Crippen molar-refractivity contribution in [2.75, 3.05) is 18.5 Å².